The summed E-state index contributed by atoms with van der Waals surface area (Å²) >= 11 is 11.9. The van der Waals surface area contributed by atoms with Crippen LogP contribution >= 0.6 is 23.2 Å². The van der Waals surface area contributed by atoms with Gasteiger partial charge in [-0.1, -0.05) is 47.5 Å². The number of unbranched alkanes of at least 4 members (excludes halogenated alkanes) is 2. The van der Waals surface area contributed by atoms with E-state index in [0.717, 1.165) is 76.8 Å². The Kier molecular flexibility index (Phi) is 7.12. The molecule has 2 heterocycles. The van der Waals surface area contributed by atoms with Crippen LogP contribution in [0.3, 0.4) is 0 Å². The van der Waals surface area contributed by atoms with Gasteiger partial charge in [-0.25, -0.2) is 9.97 Å². The maximum atomic E-state index is 5.94. The standard InChI is InChI=1S/C23H24Cl2N6/c24-18-8-4-16(5-9-18)20-14-28-22(30-20)26-12-2-1-3-13-27-23-29-15-21(31-23)17-6-10-19(25)11-7-17/h4-11,14-15H,1-3,12-13H2,(H2,26,28,30)(H2,27,29,31). The molecule has 0 aliphatic heterocycles. The molecule has 8 heteroatoms. The van der Waals surface area contributed by atoms with Gasteiger partial charge in [-0.05, 0) is 54.7 Å². The van der Waals surface area contributed by atoms with Crippen LogP contribution in [-0.4, -0.2) is 33.0 Å². The van der Waals surface area contributed by atoms with Crippen LogP contribution in [0.5, 0.6) is 0 Å². The summed E-state index contributed by atoms with van der Waals surface area (Å²) < 4.78 is 0. The molecule has 160 valence electrons. The molecule has 0 aliphatic rings. The van der Waals surface area contributed by atoms with Crippen molar-refractivity contribution in [3.8, 4) is 22.5 Å². The van der Waals surface area contributed by atoms with Crippen molar-refractivity contribution in [2.24, 2.45) is 0 Å². The van der Waals surface area contributed by atoms with Gasteiger partial charge >= 0.3 is 0 Å². The molecule has 31 heavy (non-hydrogen) atoms. The monoisotopic (exact) mass is 454 g/mol. The molecule has 0 fully saturated rings. The van der Waals surface area contributed by atoms with E-state index in [1.54, 1.807) is 0 Å². The van der Waals surface area contributed by atoms with E-state index in [-0.39, 0.29) is 0 Å². The Hall–Kier alpha value is -2.96. The van der Waals surface area contributed by atoms with Gasteiger partial charge in [-0.2, -0.15) is 0 Å². The average molecular weight is 455 g/mol. The molecular weight excluding hydrogens is 431 g/mol. The molecule has 0 saturated carbocycles. The zero-order valence-electron chi connectivity index (χ0n) is 17.0. The number of nitrogens with zero attached hydrogens (tertiary/aromatic N) is 2. The van der Waals surface area contributed by atoms with Crippen LogP contribution < -0.4 is 10.6 Å². The van der Waals surface area contributed by atoms with Crippen molar-refractivity contribution in [1.82, 2.24) is 19.9 Å². The fourth-order valence-electron chi connectivity index (χ4n) is 3.21. The van der Waals surface area contributed by atoms with Gasteiger partial charge in [0, 0.05) is 23.1 Å². The molecule has 0 unspecified atom stereocenters. The molecule has 0 aliphatic carbocycles. The van der Waals surface area contributed by atoms with Crippen molar-refractivity contribution in [3.63, 3.8) is 0 Å². The average Bonchev–Trinajstić information content (AvgIpc) is 3.44. The molecule has 6 nitrogen and oxygen atoms in total. The molecule has 0 saturated heterocycles. The zero-order chi connectivity index (χ0) is 21.5. The lowest BCUT2D eigenvalue weighted by atomic mass is 10.2. The minimum atomic E-state index is 0.727. The molecule has 0 atom stereocenters. The number of H-pyrrole nitrogens is 2. The Bertz CT molecular complexity index is 998. The largest absolute Gasteiger partial charge is 0.356 e. The molecule has 4 aromatic rings. The summed E-state index contributed by atoms with van der Waals surface area (Å²) in [6, 6.07) is 15.4. The van der Waals surface area contributed by atoms with Crippen molar-refractivity contribution in [1.29, 1.82) is 0 Å². The van der Waals surface area contributed by atoms with Crippen LogP contribution in [0, 0.1) is 0 Å². The Morgan fingerprint density at radius 1 is 0.613 bits per heavy atom. The Morgan fingerprint density at radius 3 is 1.45 bits per heavy atom. The molecule has 0 radical (unpaired) electrons. The molecule has 2 aromatic carbocycles. The smallest absolute Gasteiger partial charge is 0.200 e. The predicted octanol–water partition coefficient (Wildman–Crippen LogP) is 6.47. The maximum Gasteiger partial charge on any atom is 0.200 e. The van der Waals surface area contributed by atoms with E-state index in [0.29, 0.717) is 0 Å². The third kappa shape index (κ3) is 6.03. The summed E-state index contributed by atoms with van der Waals surface area (Å²) in [5.41, 5.74) is 4.07. The second-order valence-corrected chi connectivity index (χ2v) is 8.09. The molecule has 0 amide bonds. The molecule has 4 rings (SSSR count). The topological polar surface area (TPSA) is 81.4 Å². The number of anilines is 2. The molecule has 2 aromatic heterocycles. The third-order valence-corrected chi connectivity index (χ3v) is 5.40. The van der Waals surface area contributed by atoms with Crippen molar-refractivity contribution in [3.05, 3.63) is 71.0 Å². The predicted molar refractivity (Wildman–Crippen MR) is 129 cm³/mol. The minimum Gasteiger partial charge on any atom is -0.356 e. The lowest BCUT2D eigenvalue weighted by Gasteiger charge is -2.05. The van der Waals surface area contributed by atoms with E-state index in [2.05, 4.69) is 30.6 Å². The molecule has 0 bridgehead atoms. The second-order valence-electron chi connectivity index (χ2n) is 7.22. The van der Waals surface area contributed by atoms with Gasteiger partial charge in [0.15, 0.2) is 0 Å². The number of rotatable bonds is 10. The maximum absolute atomic E-state index is 5.94. The zero-order valence-corrected chi connectivity index (χ0v) is 18.5. The van der Waals surface area contributed by atoms with E-state index in [1.807, 2.05) is 60.9 Å². The van der Waals surface area contributed by atoms with E-state index in [1.165, 1.54) is 0 Å². The van der Waals surface area contributed by atoms with Crippen LogP contribution in [0.15, 0.2) is 60.9 Å². The summed E-state index contributed by atoms with van der Waals surface area (Å²) in [5, 5.41) is 8.13. The first-order valence-corrected chi connectivity index (χ1v) is 11.0. The fraction of sp³-hybridized carbons (Fsp3) is 0.217. The number of halogens is 2. The van der Waals surface area contributed by atoms with Crippen molar-refractivity contribution in [2.75, 3.05) is 23.7 Å². The van der Waals surface area contributed by atoms with E-state index >= 15 is 0 Å². The third-order valence-electron chi connectivity index (χ3n) is 4.90. The number of nitrogens with one attached hydrogen (secondary N) is 4. The van der Waals surface area contributed by atoms with E-state index in [9.17, 15) is 0 Å². The minimum absolute atomic E-state index is 0.727. The van der Waals surface area contributed by atoms with Gasteiger partial charge in [0.25, 0.3) is 0 Å². The summed E-state index contributed by atoms with van der Waals surface area (Å²) in [5.74, 6) is 1.57. The van der Waals surface area contributed by atoms with Gasteiger partial charge < -0.3 is 20.6 Å². The normalized spacial score (nSPS) is 10.9. The summed E-state index contributed by atoms with van der Waals surface area (Å²) in [6.45, 7) is 1.74. The van der Waals surface area contributed by atoms with Gasteiger partial charge in [0.05, 0.1) is 23.8 Å². The number of hydrogen-bond donors (Lipinski definition) is 4. The first-order chi connectivity index (χ1) is 15.2. The van der Waals surface area contributed by atoms with Crippen LogP contribution in [0.25, 0.3) is 22.5 Å². The molecule has 4 N–H and O–H groups in total. The van der Waals surface area contributed by atoms with Crippen molar-refractivity contribution in [2.45, 2.75) is 19.3 Å². The number of benzene rings is 2. The SMILES string of the molecule is Clc1ccc(-c2cnc(NCCCCCNc3ncc(-c4ccc(Cl)cc4)[nH]3)[nH]2)cc1. The van der Waals surface area contributed by atoms with Crippen LogP contribution in [-0.2, 0) is 0 Å². The Morgan fingerprint density at radius 2 is 1.03 bits per heavy atom. The summed E-state index contributed by atoms with van der Waals surface area (Å²) in [7, 11) is 0. The van der Waals surface area contributed by atoms with Gasteiger partial charge in [-0.15, -0.1) is 0 Å². The van der Waals surface area contributed by atoms with Gasteiger partial charge in [0.1, 0.15) is 0 Å². The van der Waals surface area contributed by atoms with Crippen LogP contribution in [0.1, 0.15) is 19.3 Å². The number of aromatic nitrogens is 4. The highest BCUT2D eigenvalue weighted by molar-refractivity contribution is 6.30. The van der Waals surface area contributed by atoms with Crippen LogP contribution in [0.4, 0.5) is 11.9 Å². The lowest BCUT2D eigenvalue weighted by Crippen LogP contribution is -2.06. The molecule has 0 spiro atoms. The number of hydrogen-bond acceptors (Lipinski definition) is 4. The van der Waals surface area contributed by atoms with Gasteiger partial charge in [0.2, 0.25) is 11.9 Å². The highest BCUT2D eigenvalue weighted by Crippen LogP contribution is 2.22. The Labute approximate surface area is 191 Å². The van der Waals surface area contributed by atoms with Crippen molar-refractivity contribution < 1.29 is 0 Å². The van der Waals surface area contributed by atoms with E-state index < -0.39 is 0 Å². The molecular formula is C23H24Cl2N6. The fourth-order valence-corrected chi connectivity index (χ4v) is 3.47. The van der Waals surface area contributed by atoms with E-state index in [4.69, 9.17) is 23.2 Å². The highest BCUT2D eigenvalue weighted by Gasteiger charge is 2.04. The second kappa shape index (κ2) is 10.4. The first kappa shape index (κ1) is 21.3. The summed E-state index contributed by atoms with van der Waals surface area (Å²) in [4.78, 5) is 15.4. The van der Waals surface area contributed by atoms with Gasteiger partial charge in [-0.3, -0.25) is 0 Å². The van der Waals surface area contributed by atoms with Crippen LogP contribution in [0.2, 0.25) is 10.0 Å². The quantitative estimate of drug-likeness (QED) is 0.207. The van der Waals surface area contributed by atoms with Crippen molar-refractivity contribution >= 4 is 35.1 Å². The summed E-state index contributed by atoms with van der Waals surface area (Å²) in [6.07, 6.45) is 6.89. The lowest BCUT2D eigenvalue weighted by molar-refractivity contribution is 0.717. The number of aromatic amines is 2. The first-order valence-electron chi connectivity index (χ1n) is 10.3. The Balaban J connectivity index is 1.12. The number of imidazole rings is 2. The highest BCUT2D eigenvalue weighted by atomic mass is 35.5.